The number of amides is 2. The van der Waals surface area contributed by atoms with Crippen molar-refractivity contribution in [3.63, 3.8) is 0 Å². The van der Waals surface area contributed by atoms with Gasteiger partial charge >= 0.3 is 12.4 Å². The highest BCUT2D eigenvalue weighted by molar-refractivity contribution is 5.96. The van der Waals surface area contributed by atoms with E-state index in [2.05, 4.69) is 16.0 Å². The Labute approximate surface area is 180 Å². The molecular formula is C21H21F6N3O2. The Kier molecular flexibility index (Phi) is 7.42. The average molecular weight is 461 g/mol. The Morgan fingerprint density at radius 3 is 1.72 bits per heavy atom. The summed E-state index contributed by atoms with van der Waals surface area (Å²) in [6.45, 7) is 4.46. The number of hydrogen-bond donors (Lipinski definition) is 3. The lowest BCUT2D eigenvalue weighted by Gasteiger charge is -2.15. The fourth-order valence-electron chi connectivity index (χ4n) is 3.04. The third-order valence-corrected chi connectivity index (χ3v) is 4.43. The number of rotatable bonds is 6. The van der Waals surface area contributed by atoms with E-state index in [0.29, 0.717) is 17.8 Å². The second kappa shape index (κ2) is 9.49. The van der Waals surface area contributed by atoms with Gasteiger partial charge in [-0.3, -0.25) is 9.59 Å². The van der Waals surface area contributed by atoms with Gasteiger partial charge in [-0.05, 0) is 50.1 Å². The number of hydrogen-bond acceptors (Lipinski definition) is 3. The van der Waals surface area contributed by atoms with Crippen LogP contribution in [0, 0.1) is 20.8 Å². The molecule has 0 spiro atoms. The van der Waals surface area contributed by atoms with Crippen molar-refractivity contribution < 1.29 is 35.9 Å². The quantitative estimate of drug-likeness (QED) is 0.541. The number of benzene rings is 2. The number of aryl methyl sites for hydroxylation is 3. The van der Waals surface area contributed by atoms with Crippen molar-refractivity contribution in [2.24, 2.45) is 0 Å². The molecule has 0 aliphatic heterocycles. The summed E-state index contributed by atoms with van der Waals surface area (Å²) in [5, 5.41) is 7.14. The van der Waals surface area contributed by atoms with E-state index in [0.717, 1.165) is 16.7 Å². The number of nitrogens with one attached hydrogen (secondary N) is 3. The summed E-state index contributed by atoms with van der Waals surface area (Å²) in [6, 6.07) is 4.67. The molecule has 0 aromatic heterocycles. The first-order valence-electron chi connectivity index (χ1n) is 9.34. The van der Waals surface area contributed by atoms with Crippen LogP contribution in [-0.4, -0.2) is 24.9 Å². The molecule has 174 valence electrons. The third kappa shape index (κ3) is 6.89. The molecule has 11 heteroatoms. The summed E-state index contributed by atoms with van der Waals surface area (Å²) >= 11 is 0. The van der Waals surface area contributed by atoms with Gasteiger partial charge < -0.3 is 16.0 Å². The molecule has 0 radical (unpaired) electrons. The first-order chi connectivity index (χ1) is 14.7. The smallest absolute Gasteiger partial charge is 0.376 e. The molecule has 0 fully saturated rings. The molecule has 0 saturated heterocycles. The molecule has 2 aromatic rings. The van der Waals surface area contributed by atoms with Crippen molar-refractivity contribution in [1.82, 2.24) is 5.32 Å². The van der Waals surface area contributed by atoms with Crippen LogP contribution in [0.2, 0.25) is 0 Å². The van der Waals surface area contributed by atoms with E-state index in [1.54, 1.807) is 0 Å². The van der Waals surface area contributed by atoms with Gasteiger partial charge in [-0.15, -0.1) is 0 Å². The molecule has 2 aromatic carbocycles. The monoisotopic (exact) mass is 461 g/mol. The fourth-order valence-corrected chi connectivity index (χ4v) is 3.04. The van der Waals surface area contributed by atoms with Gasteiger partial charge in [0, 0.05) is 11.4 Å². The summed E-state index contributed by atoms with van der Waals surface area (Å²) in [4.78, 5) is 24.0. The van der Waals surface area contributed by atoms with E-state index in [1.165, 1.54) is 0 Å². The van der Waals surface area contributed by atoms with Crippen LogP contribution in [0.5, 0.6) is 0 Å². The molecule has 0 atom stereocenters. The van der Waals surface area contributed by atoms with Crippen LogP contribution in [0.3, 0.4) is 0 Å². The molecule has 0 heterocycles. The molecule has 0 aliphatic rings. The predicted molar refractivity (Wildman–Crippen MR) is 107 cm³/mol. The minimum absolute atomic E-state index is 0.00929. The molecule has 0 saturated carbocycles. The van der Waals surface area contributed by atoms with E-state index in [9.17, 15) is 35.9 Å². The number of halogens is 6. The third-order valence-electron chi connectivity index (χ3n) is 4.43. The highest BCUT2D eigenvalue weighted by Crippen LogP contribution is 2.37. The Balaban J connectivity index is 1.98. The minimum atomic E-state index is -5.00. The van der Waals surface area contributed by atoms with Gasteiger partial charge in [0.15, 0.2) is 0 Å². The standard InChI is InChI=1S/C21H21F6N3O2/c1-11-4-12(2)19(13(3)5-11)30-18(32)10-29-17(31)9-28-16-7-14(20(22,23)24)6-15(8-16)21(25,26)27/h4-8,28H,9-10H2,1-3H3,(H,29,31)(H,30,32). The van der Waals surface area contributed by atoms with Crippen molar-refractivity contribution in [2.45, 2.75) is 33.1 Å². The fraction of sp³-hybridized carbons (Fsp3) is 0.333. The maximum absolute atomic E-state index is 12.9. The minimum Gasteiger partial charge on any atom is -0.376 e. The summed E-state index contributed by atoms with van der Waals surface area (Å²) in [6.07, 6.45) is -9.99. The number of anilines is 2. The zero-order valence-corrected chi connectivity index (χ0v) is 17.4. The van der Waals surface area contributed by atoms with Crippen LogP contribution < -0.4 is 16.0 Å². The molecule has 5 nitrogen and oxygen atoms in total. The molecule has 0 bridgehead atoms. The van der Waals surface area contributed by atoms with Gasteiger partial charge in [0.05, 0.1) is 24.2 Å². The maximum atomic E-state index is 12.9. The lowest BCUT2D eigenvalue weighted by molar-refractivity contribution is -0.143. The summed E-state index contributed by atoms with van der Waals surface area (Å²) in [5.74, 6) is -1.32. The maximum Gasteiger partial charge on any atom is 0.416 e. The SMILES string of the molecule is Cc1cc(C)c(NC(=O)CNC(=O)CNc2cc(C(F)(F)F)cc(C(F)(F)F)c2)c(C)c1. The zero-order valence-electron chi connectivity index (χ0n) is 17.4. The molecular weight excluding hydrogens is 440 g/mol. The molecule has 0 unspecified atom stereocenters. The van der Waals surface area contributed by atoms with Crippen LogP contribution >= 0.6 is 0 Å². The van der Waals surface area contributed by atoms with Crippen LogP contribution in [0.25, 0.3) is 0 Å². The van der Waals surface area contributed by atoms with E-state index in [1.807, 2.05) is 32.9 Å². The van der Waals surface area contributed by atoms with E-state index >= 15 is 0 Å². The highest BCUT2D eigenvalue weighted by atomic mass is 19.4. The highest BCUT2D eigenvalue weighted by Gasteiger charge is 2.36. The van der Waals surface area contributed by atoms with Crippen molar-refractivity contribution in [1.29, 1.82) is 0 Å². The average Bonchev–Trinajstić information content (AvgIpc) is 2.66. The first-order valence-corrected chi connectivity index (χ1v) is 9.34. The second-order valence-corrected chi connectivity index (χ2v) is 7.25. The van der Waals surface area contributed by atoms with Crippen molar-refractivity contribution >= 4 is 23.2 Å². The lowest BCUT2D eigenvalue weighted by Crippen LogP contribution is -2.36. The van der Waals surface area contributed by atoms with Crippen molar-refractivity contribution in [2.75, 3.05) is 23.7 Å². The number of alkyl halides is 6. The number of carbonyl (C=O) groups is 2. The van der Waals surface area contributed by atoms with Gasteiger partial charge in [0.1, 0.15) is 0 Å². The Morgan fingerprint density at radius 2 is 1.25 bits per heavy atom. The molecule has 3 N–H and O–H groups in total. The predicted octanol–water partition coefficient (Wildman–Crippen LogP) is 4.82. The normalized spacial score (nSPS) is 11.8. The van der Waals surface area contributed by atoms with E-state index in [-0.39, 0.29) is 6.07 Å². The summed E-state index contributed by atoms with van der Waals surface area (Å²) in [5.41, 5.74) is -0.269. The lowest BCUT2D eigenvalue weighted by atomic mass is 10.1. The van der Waals surface area contributed by atoms with Gasteiger partial charge in [-0.1, -0.05) is 17.7 Å². The number of carbonyl (C=O) groups excluding carboxylic acids is 2. The van der Waals surface area contributed by atoms with Crippen LogP contribution in [0.1, 0.15) is 27.8 Å². The second-order valence-electron chi connectivity index (χ2n) is 7.25. The molecule has 2 amide bonds. The van der Waals surface area contributed by atoms with Crippen LogP contribution in [0.4, 0.5) is 37.7 Å². The Hall–Kier alpha value is -3.24. The Bertz CT molecular complexity index is 960. The van der Waals surface area contributed by atoms with Crippen LogP contribution in [0.15, 0.2) is 30.3 Å². The van der Waals surface area contributed by atoms with E-state index in [4.69, 9.17) is 0 Å². The zero-order chi connectivity index (χ0) is 24.3. The molecule has 2 rings (SSSR count). The first kappa shape index (κ1) is 25.0. The van der Waals surface area contributed by atoms with Gasteiger partial charge in [0.2, 0.25) is 11.8 Å². The van der Waals surface area contributed by atoms with E-state index < -0.39 is 54.1 Å². The largest absolute Gasteiger partial charge is 0.416 e. The Morgan fingerprint density at radius 1 is 0.750 bits per heavy atom. The summed E-state index contributed by atoms with van der Waals surface area (Å²) in [7, 11) is 0. The van der Waals surface area contributed by atoms with Crippen molar-refractivity contribution in [3.05, 3.63) is 58.1 Å². The van der Waals surface area contributed by atoms with Gasteiger partial charge in [-0.25, -0.2) is 0 Å². The summed E-state index contributed by atoms with van der Waals surface area (Å²) < 4.78 is 77.3. The van der Waals surface area contributed by atoms with Gasteiger partial charge in [0.25, 0.3) is 0 Å². The van der Waals surface area contributed by atoms with Crippen LogP contribution in [-0.2, 0) is 21.9 Å². The molecule has 32 heavy (non-hydrogen) atoms. The topological polar surface area (TPSA) is 70.2 Å². The van der Waals surface area contributed by atoms with Gasteiger partial charge in [-0.2, -0.15) is 26.3 Å². The molecule has 0 aliphatic carbocycles. The van der Waals surface area contributed by atoms with Crippen molar-refractivity contribution in [3.8, 4) is 0 Å².